The molecule has 0 aliphatic carbocycles. The molecule has 24 nitrogen and oxygen atoms in total. The van der Waals surface area contributed by atoms with Crippen LogP contribution in [0.2, 0.25) is 0 Å². The van der Waals surface area contributed by atoms with Gasteiger partial charge in [-0.1, -0.05) is 55.2 Å². The van der Waals surface area contributed by atoms with E-state index in [9.17, 15) is 56.3 Å². The summed E-state index contributed by atoms with van der Waals surface area (Å²) in [5.74, 6) is -4.40. The Hall–Kier alpha value is -6.31. The van der Waals surface area contributed by atoms with Gasteiger partial charge in [0.05, 0.1) is 50.7 Å². The summed E-state index contributed by atoms with van der Waals surface area (Å²) < 4.78 is 61.2. The third-order valence-corrected chi connectivity index (χ3v) is 20.4. The van der Waals surface area contributed by atoms with E-state index in [0.29, 0.717) is 82.5 Å². The Morgan fingerprint density at radius 3 is 2.12 bits per heavy atom. The summed E-state index contributed by atoms with van der Waals surface area (Å²) in [5, 5.41) is 19.8. The molecule has 3 aromatic rings. The van der Waals surface area contributed by atoms with E-state index in [1.807, 2.05) is 4.90 Å². The first kappa shape index (κ1) is 78.1. The Balaban J connectivity index is 1.07. The minimum absolute atomic E-state index is 0.00282. The number of nitrogens with zero attached hydrogens (tertiary/aromatic N) is 7. The number of carbonyl (C=O) groups is 8. The number of aromatic nitrogens is 4. The number of amides is 6. The van der Waals surface area contributed by atoms with E-state index in [2.05, 4.69) is 100 Å². The molecule has 5 N–H and O–H groups in total. The first-order valence-electron chi connectivity index (χ1n) is 31.4. The number of hydrogen-bond acceptors (Lipinski definition) is 19. The van der Waals surface area contributed by atoms with Crippen LogP contribution in [0, 0.1) is 17.2 Å². The van der Waals surface area contributed by atoms with Gasteiger partial charge in [0.15, 0.2) is 11.2 Å². The van der Waals surface area contributed by atoms with Gasteiger partial charge in [-0.2, -0.15) is 23.4 Å². The number of rotatable bonds is 41. The number of esters is 1. The van der Waals surface area contributed by atoms with Gasteiger partial charge in [0.1, 0.15) is 11.8 Å². The molecule has 1 fully saturated rings. The number of unbranched alkanes of at least 4 members (excludes halogenated alkanes) is 4. The van der Waals surface area contributed by atoms with Crippen molar-refractivity contribution in [3.63, 3.8) is 0 Å². The number of benzene rings is 1. The molecule has 1 aliphatic heterocycles. The van der Waals surface area contributed by atoms with Crippen LogP contribution in [-0.2, 0) is 53.9 Å². The van der Waals surface area contributed by atoms with Crippen molar-refractivity contribution in [1.29, 1.82) is 5.26 Å². The van der Waals surface area contributed by atoms with E-state index < -0.39 is 68.4 Å². The van der Waals surface area contributed by atoms with Crippen molar-refractivity contribution < 1.29 is 65.3 Å². The number of nitriles is 1. The molecule has 1 saturated heterocycles. The van der Waals surface area contributed by atoms with Crippen LogP contribution in [0.15, 0.2) is 35.3 Å². The molecule has 0 saturated carbocycles. The molecule has 3 heterocycles. The number of aromatic amines is 1. The lowest BCUT2D eigenvalue weighted by atomic mass is 10.1. The Morgan fingerprint density at radius 1 is 0.870 bits per heavy atom. The summed E-state index contributed by atoms with van der Waals surface area (Å²) in [6.07, 6.45) is 4.48. The van der Waals surface area contributed by atoms with E-state index >= 15 is 0 Å². The molecule has 1 aromatic carbocycles. The van der Waals surface area contributed by atoms with Crippen molar-refractivity contribution in [2.45, 2.75) is 219 Å². The Kier molecular flexibility index (Phi) is 33.5. The second-order valence-corrected chi connectivity index (χ2v) is 28.4. The molecular weight excluding hydrogens is 1260 g/mol. The lowest BCUT2D eigenvalue weighted by molar-refractivity contribution is -0.170. The maximum absolute atomic E-state index is 13.9. The fourth-order valence-corrected chi connectivity index (χ4v) is 14.2. The fraction of sp³-hybridized carbons (Fsp3) is 0.661. The molecule has 92 heavy (non-hydrogen) atoms. The summed E-state index contributed by atoms with van der Waals surface area (Å²) in [6, 6.07) is 5.74. The van der Waals surface area contributed by atoms with Crippen LogP contribution in [0.1, 0.15) is 188 Å². The minimum atomic E-state index is -5.35. The molecule has 1 unspecified atom stereocenters. The number of methoxy groups -OCH3 is 1. The van der Waals surface area contributed by atoms with Gasteiger partial charge in [-0.25, -0.2) is 19.4 Å². The van der Waals surface area contributed by atoms with Crippen molar-refractivity contribution >= 4 is 100 Å². The normalized spacial score (nSPS) is 14.9. The van der Waals surface area contributed by atoms with Gasteiger partial charge < -0.3 is 34.6 Å². The lowest BCUT2D eigenvalue weighted by Gasteiger charge is -2.36. The van der Waals surface area contributed by atoms with Gasteiger partial charge in [0, 0.05) is 97.5 Å². The average Bonchev–Trinajstić information content (AvgIpc) is 2.43. The van der Waals surface area contributed by atoms with E-state index in [1.165, 1.54) is 0 Å². The van der Waals surface area contributed by atoms with E-state index in [-0.39, 0.29) is 99.9 Å². The smallest absolute Gasteiger partial charge is 0.467 e. The third-order valence-electron chi connectivity index (χ3n) is 14.8. The van der Waals surface area contributed by atoms with Crippen LogP contribution in [-0.4, -0.2) is 157 Å². The summed E-state index contributed by atoms with van der Waals surface area (Å²) in [6.45, 7) is 18.8. The standard InChI is InChI=1S/C62H92F3N12O12PS2/c1-11-45-36-48(89-90(88-34-19-31-66)77(41(4)5)42(6)7)39-75(45)52(81)22-15-13-17-33-68-51(80)29-30-61(8,9)92-91-35-18-21-47(78)20-14-12-16-32-67-50(79)28-27-49(58(85)87-10)71-56(83)43-23-25-46(26-24-43)76(59(86)62(63,64)65)38-44-37-69-54-53(70-44)57(84)74-60(72-54)73-55(82)40(2)3/h23-26,37,40-42,45,48-49H,11-22,27-30,32-36,38-39H2,1-10H3,(H,67,79)(H,68,80)(H,71,83)(H2,69,72,73,74,82,84)/t45-,48-,49+,90?/m1/s1. The number of hydrogen-bond donors (Lipinski definition) is 5. The van der Waals surface area contributed by atoms with Crippen LogP contribution in [0.3, 0.4) is 0 Å². The van der Waals surface area contributed by atoms with Crippen molar-refractivity contribution in [2.75, 3.05) is 49.3 Å². The number of alkyl halides is 3. The van der Waals surface area contributed by atoms with E-state index in [4.69, 9.17) is 19.0 Å². The van der Waals surface area contributed by atoms with Gasteiger partial charge in [-0.3, -0.25) is 53.6 Å². The second-order valence-electron chi connectivity index (χ2n) is 23.9. The average molecular weight is 1350 g/mol. The predicted molar refractivity (Wildman–Crippen MR) is 349 cm³/mol. The van der Waals surface area contributed by atoms with E-state index in [1.54, 1.807) is 35.4 Å². The number of carbonyl (C=O) groups excluding carboxylic acids is 8. The number of halogens is 3. The molecule has 510 valence electrons. The molecule has 0 spiro atoms. The summed E-state index contributed by atoms with van der Waals surface area (Å²) in [4.78, 5) is 132. The van der Waals surface area contributed by atoms with Crippen molar-refractivity contribution in [3.05, 3.63) is 52.1 Å². The fourth-order valence-electron chi connectivity index (χ4n) is 9.80. The largest absolute Gasteiger partial charge is 0.471 e. The van der Waals surface area contributed by atoms with Crippen LogP contribution in [0.4, 0.5) is 24.8 Å². The van der Waals surface area contributed by atoms with E-state index in [0.717, 1.165) is 81.8 Å². The van der Waals surface area contributed by atoms with Gasteiger partial charge in [-0.05, 0) is 124 Å². The second kappa shape index (κ2) is 39.4. The molecule has 4 rings (SSSR count). The van der Waals surface area contributed by atoms with Crippen LogP contribution >= 0.6 is 30.1 Å². The molecule has 2 aromatic heterocycles. The molecule has 0 bridgehead atoms. The maximum Gasteiger partial charge on any atom is 0.471 e. The zero-order valence-electron chi connectivity index (χ0n) is 54.5. The zero-order valence-corrected chi connectivity index (χ0v) is 57.1. The first-order chi connectivity index (χ1) is 43.6. The predicted octanol–water partition coefficient (Wildman–Crippen LogP) is 9.77. The minimum Gasteiger partial charge on any atom is -0.467 e. The van der Waals surface area contributed by atoms with Crippen molar-refractivity contribution in [1.82, 2.24) is 45.5 Å². The Labute approximate surface area is 546 Å². The quantitative estimate of drug-likeness (QED) is 0.0153. The highest BCUT2D eigenvalue weighted by atomic mass is 33.1. The molecule has 0 radical (unpaired) electrons. The van der Waals surface area contributed by atoms with Crippen molar-refractivity contribution in [3.8, 4) is 6.07 Å². The van der Waals surface area contributed by atoms with Crippen molar-refractivity contribution in [2.24, 2.45) is 5.92 Å². The third kappa shape index (κ3) is 27.0. The van der Waals surface area contributed by atoms with Crippen LogP contribution in [0.25, 0.3) is 11.2 Å². The summed E-state index contributed by atoms with van der Waals surface area (Å²) in [7, 11) is 3.10. The van der Waals surface area contributed by atoms with Crippen LogP contribution < -0.4 is 31.7 Å². The summed E-state index contributed by atoms with van der Waals surface area (Å²) >= 11 is 0. The lowest BCUT2D eigenvalue weighted by Crippen LogP contribution is -2.42. The van der Waals surface area contributed by atoms with Crippen LogP contribution in [0.5, 0.6) is 0 Å². The molecule has 6 amide bonds. The Bertz CT molecular complexity index is 3020. The highest BCUT2D eigenvalue weighted by Crippen LogP contribution is 2.49. The maximum atomic E-state index is 13.9. The monoisotopic (exact) mass is 1350 g/mol. The first-order valence-corrected chi connectivity index (χ1v) is 34.9. The molecule has 4 atom stereocenters. The molecular formula is C62H92F3N12O12PS2. The van der Waals surface area contributed by atoms with Gasteiger partial charge in [-0.15, -0.1) is 0 Å². The number of ketones is 1. The molecule has 1 aliphatic rings. The number of likely N-dealkylation sites (tertiary alicyclic amines) is 1. The summed E-state index contributed by atoms with van der Waals surface area (Å²) in [5.41, 5.74) is -2.08. The van der Waals surface area contributed by atoms with Gasteiger partial charge in [0.2, 0.25) is 29.6 Å². The number of nitrogens with one attached hydrogen (secondary N) is 5. The Morgan fingerprint density at radius 2 is 1.51 bits per heavy atom. The number of fused-ring (bicyclic) bond motifs is 1. The molecule has 30 heteroatoms. The highest BCUT2D eigenvalue weighted by molar-refractivity contribution is 8.77. The number of ether oxygens (including phenoxy) is 1. The number of Topliss-reactive ketones (excluding diaryl/α,β-unsaturated/α-hetero) is 1. The number of H-pyrrole nitrogens is 1. The number of anilines is 2. The van der Waals surface area contributed by atoms with Gasteiger partial charge >= 0.3 is 18.1 Å². The zero-order chi connectivity index (χ0) is 68.1. The van der Waals surface area contributed by atoms with Gasteiger partial charge in [0.25, 0.3) is 20.0 Å². The highest BCUT2D eigenvalue weighted by Gasteiger charge is 2.44. The topological polar surface area (TPSA) is 317 Å². The SMILES string of the molecule is CC[C@@H]1C[C@@H](OP(OCCC#N)N(C(C)C)C(C)C)CN1C(=O)CCCCCNC(=O)CCC(C)(C)SSCCCC(=O)CCCCCNC(=O)CC[C@H](NC(=O)c1ccc(N(Cc2cnc3nc(NC(=O)C(C)C)[nH]c(=O)c3n2)C(=O)C(F)(F)F)cc1)C(=O)OC.